The quantitative estimate of drug-likeness (QED) is 0.516. The Morgan fingerprint density at radius 1 is 1.47 bits per heavy atom. The lowest BCUT2D eigenvalue weighted by atomic mass is 10.2. The third-order valence-corrected chi connectivity index (χ3v) is 4.77. The molecule has 0 saturated heterocycles. The number of thioether (sulfide) groups is 1. The highest BCUT2D eigenvalue weighted by atomic mass is 32.2. The highest BCUT2D eigenvalue weighted by Crippen LogP contribution is 2.29. The summed E-state index contributed by atoms with van der Waals surface area (Å²) in [4.78, 5) is 2.61. The van der Waals surface area contributed by atoms with Crippen LogP contribution in [0.4, 0.5) is 0 Å². The van der Waals surface area contributed by atoms with Gasteiger partial charge in [0, 0.05) is 15.5 Å². The number of hydrogen-bond acceptors (Lipinski definition) is 4. The van der Waals surface area contributed by atoms with Crippen molar-refractivity contribution in [1.82, 2.24) is 0 Å². The largest absolute Gasteiger partial charge is 0.470 e. The van der Waals surface area contributed by atoms with E-state index in [-0.39, 0.29) is 6.10 Å². The van der Waals surface area contributed by atoms with E-state index >= 15 is 0 Å². The average molecular weight is 289 g/mol. The van der Waals surface area contributed by atoms with Gasteiger partial charge in [0.15, 0.2) is 0 Å². The fraction of sp³-hybridized carbons (Fsp3) is 0.615. The molecule has 0 amide bonds. The van der Waals surface area contributed by atoms with Crippen LogP contribution in [0.15, 0.2) is 12.1 Å². The molecule has 1 rings (SSSR count). The van der Waals surface area contributed by atoms with E-state index in [0.717, 1.165) is 12.2 Å². The van der Waals surface area contributed by atoms with Crippen LogP contribution in [0, 0.1) is 6.92 Å². The molecule has 0 bridgehead atoms. The van der Waals surface area contributed by atoms with Crippen molar-refractivity contribution in [2.75, 3.05) is 5.75 Å². The lowest BCUT2D eigenvalue weighted by Gasteiger charge is -2.16. The van der Waals surface area contributed by atoms with Crippen molar-refractivity contribution in [3.05, 3.63) is 21.9 Å². The first kappa shape index (κ1) is 15.0. The summed E-state index contributed by atoms with van der Waals surface area (Å²) < 4.78 is 6.54. The minimum atomic E-state index is 0.135. The van der Waals surface area contributed by atoms with Crippen LogP contribution in [0.1, 0.15) is 49.0 Å². The maximum absolute atomic E-state index is 5.85. The number of hydrogen-bond donors (Lipinski definition) is 0. The highest BCUT2D eigenvalue weighted by Gasteiger charge is 2.14. The van der Waals surface area contributed by atoms with E-state index in [1.807, 2.05) is 0 Å². The number of aryl methyl sites for hydroxylation is 1. The van der Waals surface area contributed by atoms with Crippen molar-refractivity contribution in [2.45, 2.75) is 46.1 Å². The van der Waals surface area contributed by atoms with Crippen LogP contribution in [-0.4, -0.2) is 10.1 Å². The molecule has 0 aliphatic carbocycles. The van der Waals surface area contributed by atoms with E-state index in [2.05, 4.69) is 32.9 Å². The van der Waals surface area contributed by atoms with E-state index in [9.17, 15) is 0 Å². The summed E-state index contributed by atoms with van der Waals surface area (Å²) in [6.45, 7) is 6.45. The Morgan fingerprint density at radius 3 is 2.76 bits per heavy atom. The molecule has 1 unspecified atom stereocenters. The normalized spacial score (nSPS) is 12.4. The van der Waals surface area contributed by atoms with E-state index in [0.29, 0.717) is 4.38 Å². The molecule has 1 aromatic rings. The van der Waals surface area contributed by atoms with Crippen LogP contribution < -0.4 is 0 Å². The second-order valence-electron chi connectivity index (χ2n) is 3.92. The summed E-state index contributed by atoms with van der Waals surface area (Å²) in [5, 5.41) is 0. The first-order valence-electron chi connectivity index (χ1n) is 6.07. The first-order chi connectivity index (χ1) is 8.17. The number of ether oxygens (including phenoxy) is 1. The van der Waals surface area contributed by atoms with E-state index in [1.54, 1.807) is 23.1 Å². The van der Waals surface area contributed by atoms with E-state index in [1.165, 1.54) is 22.6 Å². The van der Waals surface area contributed by atoms with Crippen LogP contribution in [0.5, 0.6) is 0 Å². The molecule has 0 fully saturated rings. The molecule has 1 nitrogen and oxygen atoms in total. The van der Waals surface area contributed by atoms with Crippen LogP contribution in [0.3, 0.4) is 0 Å². The molecule has 1 atom stereocenters. The van der Waals surface area contributed by atoms with Gasteiger partial charge in [0.05, 0.1) is 0 Å². The first-order valence-corrected chi connectivity index (χ1v) is 8.28. The molecule has 0 aliphatic rings. The van der Waals surface area contributed by atoms with Crippen molar-refractivity contribution in [1.29, 1.82) is 0 Å². The molecular formula is C13H20OS3. The number of thiocarbonyl (C=S) groups is 1. The van der Waals surface area contributed by atoms with Crippen molar-refractivity contribution in [3.63, 3.8) is 0 Å². The Bertz CT molecular complexity index is 346. The minimum absolute atomic E-state index is 0.135. The SMILES string of the molecule is CCCCSC(=S)OC(CC)c1ccc(C)s1. The fourth-order valence-corrected chi connectivity index (χ4v) is 3.56. The third kappa shape index (κ3) is 5.40. The Morgan fingerprint density at radius 2 is 2.24 bits per heavy atom. The van der Waals surface area contributed by atoms with Crippen molar-refractivity contribution >= 4 is 39.7 Å². The maximum Gasteiger partial charge on any atom is 0.220 e. The number of rotatable bonds is 6. The molecule has 0 saturated carbocycles. The molecule has 0 aromatic carbocycles. The van der Waals surface area contributed by atoms with Gasteiger partial charge in [-0.3, -0.25) is 0 Å². The number of unbranched alkanes of at least 4 members (excludes halogenated alkanes) is 1. The zero-order valence-corrected chi connectivity index (χ0v) is 13.1. The standard InChI is InChI=1S/C13H20OS3/c1-4-6-9-16-13(15)14-11(5-2)12-8-7-10(3)17-12/h7-8,11H,4-6,9H2,1-3H3. The summed E-state index contributed by atoms with van der Waals surface area (Å²) in [5.74, 6) is 1.06. The third-order valence-electron chi connectivity index (χ3n) is 2.41. The van der Waals surface area contributed by atoms with Crippen molar-refractivity contribution < 1.29 is 4.74 Å². The zero-order valence-electron chi connectivity index (χ0n) is 10.7. The molecule has 0 N–H and O–H groups in total. The Kier molecular flexibility index (Phi) is 7.16. The molecule has 4 heteroatoms. The van der Waals surface area contributed by atoms with Gasteiger partial charge in [0.25, 0.3) is 0 Å². The van der Waals surface area contributed by atoms with Crippen LogP contribution in [0.2, 0.25) is 0 Å². The summed E-state index contributed by atoms with van der Waals surface area (Å²) in [7, 11) is 0. The highest BCUT2D eigenvalue weighted by molar-refractivity contribution is 8.22. The summed E-state index contributed by atoms with van der Waals surface area (Å²) in [5.41, 5.74) is 0. The molecule has 17 heavy (non-hydrogen) atoms. The minimum Gasteiger partial charge on any atom is -0.470 e. The van der Waals surface area contributed by atoms with Gasteiger partial charge in [-0.2, -0.15) is 0 Å². The summed E-state index contributed by atoms with van der Waals surface area (Å²) >= 11 is 8.72. The predicted octanol–water partition coefficient (Wildman–Crippen LogP) is 5.34. The lowest BCUT2D eigenvalue weighted by molar-refractivity contribution is 0.204. The van der Waals surface area contributed by atoms with Crippen LogP contribution >= 0.6 is 35.3 Å². The summed E-state index contributed by atoms with van der Waals surface area (Å²) in [6.07, 6.45) is 3.50. The van der Waals surface area contributed by atoms with Gasteiger partial charge in [-0.05, 0) is 44.1 Å². The molecular weight excluding hydrogens is 268 g/mol. The second-order valence-corrected chi connectivity index (χ2v) is 6.93. The van der Waals surface area contributed by atoms with E-state index in [4.69, 9.17) is 17.0 Å². The molecule has 1 aromatic heterocycles. The fourth-order valence-electron chi connectivity index (χ4n) is 1.42. The molecule has 0 aliphatic heterocycles. The van der Waals surface area contributed by atoms with Gasteiger partial charge in [0.2, 0.25) is 4.38 Å². The van der Waals surface area contributed by atoms with Gasteiger partial charge in [-0.15, -0.1) is 11.3 Å². The smallest absolute Gasteiger partial charge is 0.220 e. The Labute approximate surface area is 118 Å². The van der Waals surface area contributed by atoms with E-state index < -0.39 is 0 Å². The second kappa shape index (κ2) is 8.11. The monoisotopic (exact) mass is 288 g/mol. The predicted molar refractivity (Wildman–Crippen MR) is 83.1 cm³/mol. The molecule has 96 valence electrons. The van der Waals surface area contributed by atoms with Crippen LogP contribution in [-0.2, 0) is 4.74 Å². The van der Waals surface area contributed by atoms with Crippen molar-refractivity contribution in [2.24, 2.45) is 0 Å². The maximum atomic E-state index is 5.85. The van der Waals surface area contributed by atoms with Gasteiger partial charge in [0.1, 0.15) is 6.10 Å². The molecule has 0 radical (unpaired) electrons. The van der Waals surface area contributed by atoms with Gasteiger partial charge >= 0.3 is 0 Å². The molecule has 0 spiro atoms. The van der Waals surface area contributed by atoms with Gasteiger partial charge in [-0.1, -0.05) is 32.0 Å². The van der Waals surface area contributed by atoms with Gasteiger partial charge < -0.3 is 4.74 Å². The topological polar surface area (TPSA) is 9.23 Å². The number of thiophene rings is 1. The van der Waals surface area contributed by atoms with Crippen molar-refractivity contribution in [3.8, 4) is 0 Å². The lowest BCUT2D eigenvalue weighted by Crippen LogP contribution is -2.05. The summed E-state index contributed by atoms with van der Waals surface area (Å²) in [6, 6.07) is 4.28. The zero-order chi connectivity index (χ0) is 12.7. The molecule has 1 heterocycles. The van der Waals surface area contributed by atoms with Gasteiger partial charge in [-0.25, -0.2) is 0 Å². The Balaban J connectivity index is 2.44. The Hall–Kier alpha value is -0.0600. The van der Waals surface area contributed by atoms with Crippen LogP contribution in [0.25, 0.3) is 0 Å². The average Bonchev–Trinajstić information content (AvgIpc) is 2.73.